The van der Waals surface area contributed by atoms with Crippen molar-refractivity contribution in [1.82, 2.24) is 4.98 Å². The highest BCUT2D eigenvalue weighted by molar-refractivity contribution is 7.98. The van der Waals surface area contributed by atoms with Gasteiger partial charge >= 0.3 is 0 Å². The lowest BCUT2D eigenvalue weighted by atomic mass is 10.1. The first kappa shape index (κ1) is 10.3. The van der Waals surface area contributed by atoms with E-state index < -0.39 is 0 Å². The summed E-state index contributed by atoms with van der Waals surface area (Å²) in [6.45, 7) is 3.66. The zero-order valence-electron chi connectivity index (χ0n) is 9.05. The van der Waals surface area contributed by atoms with Crippen LogP contribution in [0.25, 0.3) is 10.9 Å². The van der Waals surface area contributed by atoms with Crippen molar-refractivity contribution in [3.05, 3.63) is 29.3 Å². The molecule has 0 bridgehead atoms. The zero-order chi connectivity index (χ0) is 11.0. The van der Waals surface area contributed by atoms with Gasteiger partial charge in [-0.3, -0.25) is 4.79 Å². The fraction of sp³-hybridized carbons (Fsp3) is 0.250. The highest BCUT2D eigenvalue weighted by Gasteiger charge is 2.15. The number of thioether (sulfide) groups is 1. The van der Waals surface area contributed by atoms with Crippen LogP contribution in [0.4, 0.5) is 0 Å². The fourth-order valence-electron chi connectivity index (χ4n) is 1.84. The summed E-state index contributed by atoms with van der Waals surface area (Å²) in [5.41, 5.74) is 3.07. The monoisotopic (exact) mass is 219 g/mol. The second-order valence-corrected chi connectivity index (χ2v) is 4.40. The number of Topliss-reactive ketones (excluding diaryl/α,β-unsaturated/α-hetero) is 1. The number of para-hydroxylation sites is 1. The molecule has 2 rings (SSSR count). The predicted octanol–water partition coefficient (Wildman–Crippen LogP) is 3.40. The number of hydrogen-bond donors (Lipinski definition) is 1. The number of aromatic amines is 1. The van der Waals surface area contributed by atoms with Crippen molar-refractivity contribution in [2.45, 2.75) is 18.9 Å². The van der Waals surface area contributed by atoms with Gasteiger partial charge in [-0.1, -0.05) is 18.2 Å². The third-order valence-corrected chi connectivity index (χ3v) is 3.28. The van der Waals surface area contributed by atoms with Crippen LogP contribution in [-0.4, -0.2) is 17.0 Å². The van der Waals surface area contributed by atoms with Crippen LogP contribution in [0.5, 0.6) is 0 Å². The molecule has 0 aliphatic carbocycles. The number of hydrogen-bond acceptors (Lipinski definition) is 2. The molecule has 2 aromatic rings. The minimum Gasteiger partial charge on any atom is -0.349 e. The summed E-state index contributed by atoms with van der Waals surface area (Å²) in [5.74, 6) is 0.121. The number of nitrogens with one attached hydrogen (secondary N) is 1. The third kappa shape index (κ3) is 1.57. The maximum atomic E-state index is 11.6. The van der Waals surface area contributed by atoms with E-state index >= 15 is 0 Å². The van der Waals surface area contributed by atoms with Gasteiger partial charge in [0.1, 0.15) is 0 Å². The van der Waals surface area contributed by atoms with E-state index in [1.807, 2.05) is 31.4 Å². The van der Waals surface area contributed by atoms with E-state index in [2.05, 4.69) is 4.98 Å². The van der Waals surface area contributed by atoms with Crippen molar-refractivity contribution in [2.24, 2.45) is 0 Å². The average molecular weight is 219 g/mol. The largest absolute Gasteiger partial charge is 0.349 e. The molecular weight excluding hydrogens is 206 g/mol. The minimum absolute atomic E-state index is 0.121. The molecule has 0 radical (unpaired) electrons. The Kier molecular flexibility index (Phi) is 2.57. The van der Waals surface area contributed by atoms with Crippen molar-refractivity contribution in [3.8, 4) is 0 Å². The topological polar surface area (TPSA) is 32.9 Å². The molecule has 0 spiro atoms. The summed E-state index contributed by atoms with van der Waals surface area (Å²) in [6, 6.07) is 6.03. The van der Waals surface area contributed by atoms with Gasteiger partial charge < -0.3 is 4.98 Å². The van der Waals surface area contributed by atoms with Gasteiger partial charge in [-0.15, -0.1) is 11.8 Å². The Morgan fingerprint density at radius 2 is 2.13 bits per heavy atom. The van der Waals surface area contributed by atoms with Crippen molar-refractivity contribution < 1.29 is 4.79 Å². The molecule has 0 saturated heterocycles. The van der Waals surface area contributed by atoms with Gasteiger partial charge in [0.25, 0.3) is 0 Å². The lowest BCUT2D eigenvalue weighted by molar-refractivity contribution is 0.101. The molecule has 1 aromatic heterocycles. The Morgan fingerprint density at radius 3 is 2.73 bits per heavy atom. The molecule has 1 heterocycles. The molecule has 1 N–H and O–H groups in total. The van der Waals surface area contributed by atoms with Crippen LogP contribution in [0.1, 0.15) is 22.8 Å². The number of H-pyrrole nitrogens is 1. The van der Waals surface area contributed by atoms with Gasteiger partial charge in [0, 0.05) is 10.9 Å². The second-order valence-electron chi connectivity index (χ2n) is 3.59. The Morgan fingerprint density at radius 1 is 1.40 bits per heavy atom. The summed E-state index contributed by atoms with van der Waals surface area (Å²) in [6.07, 6.45) is 1.98. The van der Waals surface area contributed by atoms with E-state index in [0.29, 0.717) is 0 Å². The van der Waals surface area contributed by atoms with Crippen LogP contribution in [-0.2, 0) is 0 Å². The Balaban J connectivity index is 2.86. The first-order chi connectivity index (χ1) is 7.15. The lowest BCUT2D eigenvalue weighted by Gasteiger charge is -1.96. The molecule has 0 unspecified atom stereocenters. The Hall–Kier alpha value is -1.22. The number of aromatic nitrogens is 1. The van der Waals surface area contributed by atoms with Crippen molar-refractivity contribution in [1.29, 1.82) is 0 Å². The smallest absolute Gasteiger partial charge is 0.163 e. The minimum atomic E-state index is 0.121. The maximum absolute atomic E-state index is 11.6. The van der Waals surface area contributed by atoms with Crippen LogP contribution < -0.4 is 0 Å². The molecule has 3 heteroatoms. The standard InChI is InChI=1S/C12H13NOS/c1-7-5-4-6-9-10(8(2)14)12(15-3)13-11(7)9/h4-6,13H,1-3H3. The molecule has 0 atom stereocenters. The number of rotatable bonds is 2. The van der Waals surface area contributed by atoms with E-state index in [-0.39, 0.29) is 5.78 Å². The number of carbonyl (C=O) groups is 1. The highest BCUT2D eigenvalue weighted by Crippen LogP contribution is 2.30. The fourth-order valence-corrected chi connectivity index (χ4v) is 2.50. The summed E-state index contributed by atoms with van der Waals surface area (Å²) in [5, 5.41) is 2.00. The molecule has 0 aliphatic rings. The van der Waals surface area contributed by atoms with Gasteiger partial charge in [0.05, 0.1) is 10.6 Å². The zero-order valence-corrected chi connectivity index (χ0v) is 9.87. The van der Waals surface area contributed by atoms with E-state index in [1.165, 1.54) is 5.56 Å². The number of carbonyl (C=O) groups excluding carboxylic acids is 1. The van der Waals surface area contributed by atoms with Gasteiger partial charge in [-0.05, 0) is 25.7 Å². The van der Waals surface area contributed by atoms with Crippen LogP contribution in [0.3, 0.4) is 0 Å². The third-order valence-electron chi connectivity index (χ3n) is 2.56. The summed E-state index contributed by atoms with van der Waals surface area (Å²) in [7, 11) is 0. The summed E-state index contributed by atoms with van der Waals surface area (Å²) >= 11 is 1.58. The quantitative estimate of drug-likeness (QED) is 0.620. The van der Waals surface area contributed by atoms with Gasteiger partial charge in [0.15, 0.2) is 5.78 Å². The van der Waals surface area contributed by atoms with Crippen molar-refractivity contribution in [2.75, 3.05) is 6.26 Å². The predicted molar refractivity (Wildman–Crippen MR) is 64.8 cm³/mol. The normalized spacial score (nSPS) is 10.9. The van der Waals surface area contributed by atoms with Crippen LogP contribution >= 0.6 is 11.8 Å². The molecule has 0 amide bonds. The van der Waals surface area contributed by atoms with Crippen molar-refractivity contribution >= 4 is 28.4 Å². The number of aryl methyl sites for hydroxylation is 1. The first-order valence-electron chi connectivity index (χ1n) is 4.81. The average Bonchev–Trinajstić information content (AvgIpc) is 2.57. The second kappa shape index (κ2) is 3.74. The first-order valence-corrected chi connectivity index (χ1v) is 6.04. The van der Waals surface area contributed by atoms with E-state index in [0.717, 1.165) is 21.5 Å². The van der Waals surface area contributed by atoms with Crippen LogP contribution in [0.2, 0.25) is 0 Å². The maximum Gasteiger partial charge on any atom is 0.163 e. The SMILES string of the molecule is CSc1[nH]c2c(C)cccc2c1C(C)=O. The van der Waals surface area contributed by atoms with E-state index in [4.69, 9.17) is 0 Å². The molecule has 0 aliphatic heterocycles. The highest BCUT2D eigenvalue weighted by atomic mass is 32.2. The van der Waals surface area contributed by atoms with Gasteiger partial charge in [0.2, 0.25) is 0 Å². The molecule has 1 aromatic carbocycles. The Bertz CT molecular complexity index is 528. The number of benzene rings is 1. The molecule has 0 saturated carbocycles. The van der Waals surface area contributed by atoms with Gasteiger partial charge in [-0.25, -0.2) is 0 Å². The van der Waals surface area contributed by atoms with E-state index in [9.17, 15) is 4.79 Å². The lowest BCUT2D eigenvalue weighted by Crippen LogP contribution is -1.91. The summed E-state index contributed by atoms with van der Waals surface area (Å²) < 4.78 is 0. The van der Waals surface area contributed by atoms with Crippen molar-refractivity contribution in [3.63, 3.8) is 0 Å². The van der Waals surface area contributed by atoms with Crippen LogP contribution in [0.15, 0.2) is 23.2 Å². The Labute approximate surface area is 93.1 Å². The number of ketones is 1. The van der Waals surface area contributed by atoms with E-state index in [1.54, 1.807) is 18.7 Å². The molecule has 78 valence electrons. The molecule has 2 nitrogen and oxygen atoms in total. The summed E-state index contributed by atoms with van der Waals surface area (Å²) in [4.78, 5) is 14.9. The number of fused-ring (bicyclic) bond motifs is 1. The molecular formula is C12H13NOS. The molecule has 0 fully saturated rings. The van der Waals surface area contributed by atoms with Gasteiger partial charge in [-0.2, -0.15) is 0 Å². The van der Waals surface area contributed by atoms with Crippen LogP contribution in [0, 0.1) is 6.92 Å². The molecule has 15 heavy (non-hydrogen) atoms.